The molecule has 2 amide bonds. The van der Waals surface area contributed by atoms with Crippen LogP contribution in [0.3, 0.4) is 0 Å². The van der Waals surface area contributed by atoms with Crippen molar-refractivity contribution in [3.63, 3.8) is 0 Å². The van der Waals surface area contributed by atoms with E-state index in [0.717, 1.165) is 18.4 Å². The van der Waals surface area contributed by atoms with Crippen molar-refractivity contribution in [2.24, 2.45) is 13.0 Å². The summed E-state index contributed by atoms with van der Waals surface area (Å²) in [5, 5.41) is 4.23. The van der Waals surface area contributed by atoms with Crippen molar-refractivity contribution >= 4 is 11.8 Å². The summed E-state index contributed by atoms with van der Waals surface area (Å²) in [4.78, 5) is 29.0. The quantitative estimate of drug-likeness (QED) is 0.828. The molecule has 0 aromatic carbocycles. The van der Waals surface area contributed by atoms with Crippen LogP contribution in [-0.4, -0.2) is 50.5 Å². The number of amides is 2. The van der Waals surface area contributed by atoms with Gasteiger partial charge in [-0.1, -0.05) is 19.3 Å². The van der Waals surface area contributed by atoms with Crippen molar-refractivity contribution < 1.29 is 9.59 Å². The molecule has 0 radical (unpaired) electrons. The average molecular weight is 332 g/mol. The molecule has 1 aromatic rings. The highest BCUT2D eigenvalue weighted by Gasteiger charge is 2.38. The average Bonchev–Trinajstić information content (AvgIpc) is 3.18. The highest BCUT2D eigenvalue weighted by atomic mass is 16.2. The Bertz CT molecular complexity index is 592. The first-order chi connectivity index (χ1) is 11.6. The first-order valence-electron chi connectivity index (χ1n) is 9.14. The minimum atomic E-state index is -0.184. The zero-order valence-electron chi connectivity index (χ0n) is 14.8. The maximum absolute atomic E-state index is 13.2. The van der Waals surface area contributed by atoms with Crippen LogP contribution >= 0.6 is 0 Å². The zero-order valence-corrected chi connectivity index (χ0v) is 14.8. The summed E-state index contributed by atoms with van der Waals surface area (Å²) in [5.41, 5.74) is 1.06. The van der Waals surface area contributed by atoms with Crippen LogP contribution in [0.4, 0.5) is 0 Å². The Morgan fingerprint density at radius 3 is 2.67 bits per heavy atom. The molecule has 1 atom stereocenters. The van der Waals surface area contributed by atoms with Crippen LogP contribution in [0.2, 0.25) is 0 Å². The van der Waals surface area contributed by atoms with Crippen molar-refractivity contribution in [2.75, 3.05) is 13.1 Å². The first kappa shape index (κ1) is 17.0. The van der Waals surface area contributed by atoms with Crippen LogP contribution in [0.1, 0.15) is 51.0 Å². The van der Waals surface area contributed by atoms with Gasteiger partial charge in [0.2, 0.25) is 11.8 Å². The van der Waals surface area contributed by atoms with Crippen LogP contribution in [0.5, 0.6) is 0 Å². The summed E-state index contributed by atoms with van der Waals surface area (Å²) in [6.45, 7) is 3.84. The number of carbonyl (C=O) groups excluding carboxylic acids is 2. The Hall–Kier alpha value is -1.85. The van der Waals surface area contributed by atoms with Gasteiger partial charge in [-0.3, -0.25) is 14.3 Å². The van der Waals surface area contributed by atoms with Gasteiger partial charge in [-0.05, 0) is 19.8 Å². The molecular weight excluding hydrogens is 304 g/mol. The number of carbonyl (C=O) groups is 2. The SMILES string of the molecule is CCN1C[C@H](C(=O)N(Cc2cnn(C)c2)C2CCCCC2)CC1=O. The molecule has 6 heteroatoms. The first-order valence-corrected chi connectivity index (χ1v) is 9.14. The summed E-state index contributed by atoms with van der Waals surface area (Å²) in [7, 11) is 1.89. The smallest absolute Gasteiger partial charge is 0.228 e. The molecule has 1 aliphatic carbocycles. The van der Waals surface area contributed by atoms with Gasteiger partial charge in [0.1, 0.15) is 0 Å². The standard InChI is InChI=1S/C18H28N4O2/c1-3-21-13-15(9-17(21)23)18(24)22(16-7-5-4-6-8-16)12-14-10-19-20(2)11-14/h10-11,15-16H,3-9,12-13H2,1-2H3/t15-/m1/s1. The molecule has 2 fully saturated rings. The highest BCUT2D eigenvalue weighted by molar-refractivity contribution is 5.89. The number of hydrogen-bond donors (Lipinski definition) is 0. The molecule has 6 nitrogen and oxygen atoms in total. The summed E-state index contributed by atoms with van der Waals surface area (Å²) in [6, 6.07) is 0.303. The van der Waals surface area contributed by atoms with Gasteiger partial charge in [0.05, 0.1) is 12.1 Å². The van der Waals surface area contributed by atoms with Gasteiger partial charge < -0.3 is 9.80 Å². The van der Waals surface area contributed by atoms with Crippen molar-refractivity contribution in [1.29, 1.82) is 0 Å². The van der Waals surface area contributed by atoms with Crippen LogP contribution in [0.25, 0.3) is 0 Å². The van der Waals surface area contributed by atoms with E-state index in [4.69, 9.17) is 0 Å². The normalized spacial score (nSPS) is 22.2. The van der Waals surface area contributed by atoms with E-state index in [1.807, 2.05) is 31.3 Å². The predicted molar refractivity (Wildman–Crippen MR) is 91.0 cm³/mol. The third-order valence-electron chi connectivity index (χ3n) is 5.36. The Kier molecular flexibility index (Phi) is 5.21. The van der Waals surface area contributed by atoms with E-state index in [1.54, 1.807) is 9.58 Å². The second kappa shape index (κ2) is 7.36. The minimum Gasteiger partial charge on any atom is -0.342 e. The fourth-order valence-electron chi connectivity index (χ4n) is 4.01. The van der Waals surface area contributed by atoms with E-state index < -0.39 is 0 Å². The molecule has 3 rings (SSSR count). The van der Waals surface area contributed by atoms with Gasteiger partial charge in [-0.25, -0.2) is 0 Å². The Morgan fingerprint density at radius 1 is 1.33 bits per heavy atom. The highest BCUT2D eigenvalue weighted by Crippen LogP contribution is 2.28. The van der Waals surface area contributed by atoms with E-state index in [-0.39, 0.29) is 17.7 Å². The minimum absolute atomic E-state index is 0.112. The molecule has 0 bridgehead atoms. The molecule has 1 aromatic heterocycles. The number of aromatic nitrogens is 2. The maximum atomic E-state index is 13.2. The Labute approximate surface area is 143 Å². The molecular formula is C18H28N4O2. The second-order valence-corrected chi connectivity index (χ2v) is 7.11. The summed E-state index contributed by atoms with van der Waals surface area (Å²) in [5.74, 6) is 0.0759. The molecule has 132 valence electrons. The van der Waals surface area contributed by atoms with E-state index in [2.05, 4.69) is 5.10 Å². The maximum Gasteiger partial charge on any atom is 0.228 e. The number of rotatable bonds is 5. The van der Waals surface area contributed by atoms with E-state index >= 15 is 0 Å². The fourth-order valence-corrected chi connectivity index (χ4v) is 4.01. The fraction of sp³-hybridized carbons (Fsp3) is 0.722. The van der Waals surface area contributed by atoms with Gasteiger partial charge in [-0.15, -0.1) is 0 Å². The molecule has 1 saturated carbocycles. The van der Waals surface area contributed by atoms with Crippen LogP contribution in [0, 0.1) is 5.92 Å². The molecule has 2 aliphatic rings. The molecule has 24 heavy (non-hydrogen) atoms. The number of likely N-dealkylation sites (tertiary alicyclic amines) is 1. The topological polar surface area (TPSA) is 58.4 Å². The van der Waals surface area contributed by atoms with Gasteiger partial charge in [0.15, 0.2) is 0 Å². The predicted octanol–water partition coefficient (Wildman–Crippen LogP) is 1.95. The summed E-state index contributed by atoms with van der Waals surface area (Å²) >= 11 is 0. The zero-order chi connectivity index (χ0) is 17.1. The van der Waals surface area contributed by atoms with Gasteiger partial charge >= 0.3 is 0 Å². The van der Waals surface area contributed by atoms with E-state index in [9.17, 15) is 9.59 Å². The van der Waals surface area contributed by atoms with Gasteiger partial charge in [0.25, 0.3) is 0 Å². The number of nitrogens with zero attached hydrogens (tertiary/aromatic N) is 4. The second-order valence-electron chi connectivity index (χ2n) is 7.11. The third-order valence-corrected chi connectivity index (χ3v) is 5.36. The van der Waals surface area contributed by atoms with Crippen molar-refractivity contribution in [3.8, 4) is 0 Å². The van der Waals surface area contributed by atoms with Crippen molar-refractivity contribution in [1.82, 2.24) is 19.6 Å². The van der Waals surface area contributed by atoms with Crippen LogP contribution < -0.4 is 0 Å². The van der Waals surface area contributed by atoms with E-state index in [0.29, 0.717) is 32.1 Å². The lowest BCUT2D eigenvalue weighted by Crippen LogP contribution is -2.44. The van der Waals surface area contributed by atoms with Crippen molar-refractivity contribution in [3.05, 3.63) is 18.0 Å². The molecule has 1 saturated heterocycles. The molecule has 0 spiro atoms. The largest absolute Gasteiger partial charge is 0.342 e. The lowest BCUT2D eigenvalue weighted by Gasteiger charge is -2.35. The van der Waals surface area contributed by atoms with Crippen LogP contribution in [-0.2, 0) is 23.2 Å². The Morgan fingerprint density at radius 2 is 2.08 bits per heavy atom. The summed E-state index contributed by atoms with van der Waals surface area (Å²) < 4.78 is 1.77. The van der Waals surface area contributed by atoms with Gasteiger partial charge in [0, 0.05) is 50.9 Å². The Balaban J connectivity index is 1.75. The molecule has 1 aliphatic heterocycles. The number of aryl methyl sites for hydroxylation is 1. The van der Waals surface area contributed by atoms with Gasteiger partial charge in [-0.2, -0.15) is 5.10 Å². The van der Waals surface area contributed by atoms with E-state index in [1.165, 1.54) is 19.3 Å². The molecule has 2 heterocycles. The van der Waals surface area contributed by atoms with Crippen molar-refractivity contribution in [2.45, 2.75) is 58.0 Å². The summed E-state index contributed by atoms with van der Waals surface area (Å²) in [6.07, 6.45) is 9.95. The number of hydrogen-bond acceptors (Lipinski definition) is 3. The lowest BCUT2D eigenvalue weighted by molar-refractivity contribution is -0.139. The monoisotopic (exact) mass is 332 g/mol. The van der Waals surface area contributed by atoms with Crippen LogP contribution in [0.15, 0.2) is 12.4 Å². The lowest BCUT2D eigenvalue weighted by atomic mass is 9.92. The molecule has 0 N–H and O–H groups in total. The molecule has 0 unspecified atom stereocenters. The third kappa shape index (κ3) is 3.62.